The second-order valence-corrected chi connectivity index (χ2v) is 6.72. The smallest absolute Gasteiger partial charge is 0.191 e. The predicted octanol–water partition coefficient (Wildman–Crippen LogP) is 2.17. The Morgan fingerprint density at radius 1 is 1.33 bits per heavy atom. The van der Waals surface area contributed by atoms with E-state index < -0.39 is 5.60 Å². The summed E-state index contributed by atoms with van der Waals surface area (Å²) >= 11 is 0. The third-order valence-electron chi connectivity index (χ3n) is 4.06. The summed E-state index contributed by atoms with van der Waals surface area (Å²) in [6, 6.07) is 7.97. The Balaban J connectivity index is 1.99. The van der Waals surface area contributed by atoms with Gasteiger partial charge in [-0.3, -0.25) is 4.68 Å². The van der Waals surface area contributed by atoms with Gasteiger partial charge in [0.25, 0.3) is 0 Å². The molecular weight excluding hydrogens is 342 g/mol. The molecule has 1 aromatic carbocycles. The van der Waals surface area contributed by atoms with Crippen molar-refractivity contribution in [3.63, 3.8) is 0 Å². The number of hydrogen-bond acceptors (Lipinski definition) is 4. The highest BCUT2D eigenvalue weighted by Crippen LogP contribution is 2.18. The van der Waals surface area contributed by atoms with Crippen LogP contribution in [0.15, 0.2) is 41.7 Å². The molecule has 0 amide bonds. The Kier molecular flexibility index (Phi) is 7.67. The van der Waals surface area contributed by atoms with Crippen LogP contribution in [0.5, 0.6) is 5.75 Å². The zero-order valence-corrected chi connectivity index (χ0v) is 16.7. The van der Waals surface area contributed by atoms with E-state index in [9.17, 15) is 5.11 Å². The molecule has 0 radical (unpaired) electrons. The highest BCUT2D eigenvalue weighted by molar-refractivity contribution is 5.79. The van der Waals surface area contributed by atoms with E-state index in [4.69, 9.17) is 4.74 Å². The molecule has 3 N–H and O–H groups in total. The van der Waals surface area contributed by atoms with Crippen molar-refractivity contribution in [2.24, 2.45) is 12.0 Å². The van der Waals surface area contributed by atoms with Crippen molar-refractivity contribution >= 4 is 5.96 Å². The molecule has 1 unspecified atom stereocenters. The first kappa shape index (κ1) is 20.8. The molecule has 0 fully saturated rings. The fourth-order valence-electron chi connectivity index (χ4n) is 2.52. The number of aromatic nitrogens is 2. The minimum absolute atomic E-state index is 0.324. The van der Waals surface area contributed by atoms with Crippen molar-refractivity contribution < 1.29 is 9.84 Å². The fourth-order valence-corrected chi connectivity index (χ4v) is 2.52. The maximum Gasteiger partial charge on any atom is 0.191 e. The molecule has 2 rings (SSSR count). The van der Waals surface area contributed by atoms with Crippen molar-refractivity contribution in [1.82, 2.24) is 20.4 Å². The van der Waals surface area contributed by atoms with Crippen LogP contribution >= 0.6 is 0 Å². The van der Waals surface area contributed by atoms with Gasteiger partial charge in [-0.2, -0.15) is 5.10 Å². The summed E-state index contributed by atoms with van der Waals surface area (Å²) in [5.41, 5.74) is 0.784. The number of hydrogen-bond donors (Lipinski definition) is 3. The SMILES string of the molecule is CCCOc1cccc(CN=C(NCC)NCC(C)(O)c2cnn(C)c2)c1. The van der Waals surface area contributed by atoms with E-state index in [0.29, 0.717) is 25.7 Å². The third-order valence-corrected chi connectivity index (χ3v) is 4.06. The van der Waals surface area contributed by atoms with Gasteiger partial charge in [0.15, 0.2) is 5.96 Å². The lowest BCUT2D eigenvalue weighted by atomic mass is 10.00. The molecule has 2 aromatic rings. The Hall–Kier alpha value is -2.54. The topological polar surface area (TPSA) is 83.7 Å². The zero-order chi connectivity index (χ0) is 19.7. The number of guanidine groups is 1. The van der Waals surface area contributed by atoms with Gasteiger partial charge in [-0.25, -0.2) is 4.99 Å². The van der Waals surface area contributed by atoms with Gasteiger partial charge in [-0.1, -0.05) is 19.1 Å². The van der Waals surface area contributed by atoms with Crippen LogP contribution in [-0.4, -0.2) is 40.5 Å². The summed E-state index contributed by atoms with van der Waals surface area (Å²) in [6.07, 6.45) is 4.47. The summed E-state index contributed by atoms with van der Waals surface area (Å²) in [5.74, 6) is 1.52. The number of aryl methyl sites for hydroxylation is 1. The zero-order valence-electron chi connectivity index (χ0n) is 16.7. The quantitative estimate of drug-likeness (QED) is 0.463. The summed E-state index contributed by atoms with van der Waals surface area (Å²) in [5, 5.41) is 21.2. The molecule has 0 aliphatic heterocycles. The molecule has 1 aromatic heterocycles. The fraction of sp³-hybridized carbons (Fsp3) is 0.500. The van der Waals surface area contributed by atoms with Crippen LogP contribution in [0.4, 0.5) is 0 Å². The van der Waals surface area contributed by atoms with E-state index in [1.807, 2.05) is 44.4 Å². The summed E-state index contributed by atoms with van der Waals surface area (Å²) in [7, 11) is 1.83. The number of benzene rings is 1. The van der Waals surface area contributed by atoms with Gasteiger partial charge >= 0.3 is 0 Å². The molecule has 1 heterocycles. The van der Waals surface area contributed by atoms with Crippen molar-refractivity contribution in [2.75, 3.05) is 19.7 Å². The lowest BCUT2D eigenvalue weighted by Gasteiger charge is -2.23. The van der Waals surface area contributed by atoms with Crippen LogP contribution in [0.25, 0.3) is 0 Å². The van der Waals surface area contributed by atoms with Gasteiger partial charge in [-0.15, -0.1) is 0 Å². The minimum atomic E-state index is -1.04. The van der Waals surface area contributed by atoms with Crippen molar-refractivity contribution in [3.05, 3.63) is 47.8 Å². The molecule has 0 saturated heterocycles. The lowest BCUT2D eigenvalue weighted by Crippen LogP contribution is -2.44. The molecule has 27 heavy (non-hydrogen) atoms. The van der Waals surface area contributed by atoms with E-state index in [2.05, 4.69) is 27.6 Å². The average molecular weight is 374 g/mol. The van der Waals surface area contributed by atoms with E-state index in [1.54, 1.807) is 17.8 Å². The second-order valence-electron chi connectivity index (χ2n) is 6.72. The second kappa shape index (κ2) is 9.97. The molecular formula is C20H31N5O2. The number of ether oxygens (including phenoxy) is 1. The maximum atomic E-state index is 10.7. The number of rotatable bonds is 9. The Morgan fingerprint density at radius 3 is 2.81 bits per heavy atom. The summed E-state index contributed by atoms with van der Waals surface area (Å²) in [4.78, 5) is 4.61. The van der Waals surface area contributed by atoms with Crippen molar-refractivity contribution in [2.45, 2.75) is 39.3 Å². The van der Waals surface area contributed by atoms with Crippen LogP contribution < -0.4 is 15.4 Å². The molecule has 0 aliphatic rings. The standard InChI is InChI=1S/C20H31N5O2/c1-5-10-27-18-9-7-8-16(11-18)12-22-19(21-6-2)23-15-20(3,26)17-13-24-25(4)14-17/h7-9,11,13-14,26H,5-6,10,12,15H2,1-4H3,(H2,21,22,23). The van der Waals surface area contributed by atoms with Crippen LogP contribution in [0.2, 0.25) is 0 Å². The van der Waals surface area contributed by atoms with Crippen LogP contribution in [-0.2, 0) is 19.2 Å². The van der Waals surface area contributed by atoms with Crippen LogP contribution in [0.3, 0.4) is 0 Å². The van der Waals surface area contributed by atoms with Crippen LogP contribution in [0.1, 0.15) is 38.3 Å². The van der Waals surface area contributed by atoms with Crippen molar-refractivity contribution in [3.8, 4) is 5.75 Å². The van der Waals surface area contributed by atoms with Crippen LogP contribution in [0, 0.1) is 0 Å². The van der Waals surface area contributed by atoms with E-state index in [1.165, 1.54) is 0 Å². The maximum absolute atomic E-state index is 10.7. The van der Waals surface area contributed by atoms with Gasteiger partial charge in [0.2, 0.25) is 0 Å². The number of aliphatic hydroxyl groups is 1. The van der Waals surface area contributed by atoms with E-state index in [0.717, 1.165) is 29.8 Å². The van der Waals surface area contributed by atoms with Crippen molar-refractivity contribution in [1.29, 1.82) is 0 Å². The summed E-state index contributed by atoms with van der Waals surface area (Å²) < 4.78 is 7.35. The normalized spacial score (nSPS) is 13.9. The highest BCUT2D eigenvalue weighted by atomic mass is 16.5. The third kappa shape index (κ3) is 6.60. The van der Waals surface area contributed by atoms with E-state index >= 15 is 0 Å². The van der Waals surface area contributed by atoms with Gasteiger partial charge in [-0.05, 0) is 38.0 Å². The minimum Gasteiger partial charge on any atom is -0.494 e. The summed E-state index contributed by atoms with van der Waals surface area (Å²) in [6.45, 7) is 8.15. The molecule has 1 atom stereocenters. The largest absolute Gasteiger partial charge is 0.494 e. The Labute approximate surface area is 161 Å². The lowest BCUT2D eigenvalue weighted by molar-refractivity contribution is 0.0616. The highest BCUT2D eigenvalue weighted by Gasteiger charge is 2.24. The monoisotopic (exact) mass is 373 g/mol. The Morgan fingerprint density at radius 2 is 2.15 bits per heavy atom. The molecule has 0 saturated carbocycles. The molecule has 0 spiro atoms. The molecule has 148 valence electrons. The average Bonchev–Trinajstić information content (AvgIpc) is 3.10. The first-order chi connectivity index (χ1) is 12.9. The first-order valence-corrected chi connectivity index (χ1v) is 9.40. The van der Waals surface area contributed by atoms with Gasteiger partial charge in [0.05, 0.1) is 25.9 Å². The first-order valence-electron chi connectivity index (χ1n) is 9.40. The molecule has 7 nitrogen and oxygen atoms in total. The number of aliphatic imine (C=N–C) groups is 1. The van der Waals surface area contributed by atoms with E-state index in [-0.39, 0.29) is 0 Å². The van der Waals surface area contributed by atoms with Gasteiger partial charge in [0, 0.05) is 25.4 Å². The molecule has 7 heteroatoms. The number of nitrogens with zero attached hydrogens (tertiary/aromatic N) is 3. The van der Waals surface area contributed by atoms with Gasteiger partial charge < -0.3 is 20.5 Å². The number of nitrogens with one attached hydrogen (secondary N) is 2. The van der Waals surface area contributed by atoms with Gasteiger partial charge in [0.1, 0.15) is 11.4 Å². The predicted molar refractivity (Wildman–Crippen MR) is 108 cm³/mol. The molecule has 0 bridgehead atoms. The Bertz CT molecular complexity index is 739. The molecule has 0 aliphatic carbocycles.